The van der Waals surface area contributed by atoms with Crippen molar-refractivity contribution >= 4 is 22.5 Å². The maximum atomic E-state index is 12.5. The summed E-state index contributed by atoms with van der Waals surface area (Å²) in [7, 11) is 3.88. The number of hydrogen-bond donors (Lipinski definition) is 0. The Labute approximate surface area is 167 Å². The quantitative estimate of drug-likeness (QED) is 0.650. The molecule has 1 saturated heterocycles. The summed E-state index contributed by atoms with van der Waals surface area (Å²) >= 11 is 0. The number of aryl methyl sites for hydroxylation is 2. The van der Waals surface area contributed by atoms with Gasteiger partial charge >= 0.3 is 6.18 Å². The predicted molar refractivity (Wildman–Crippen MR) is 105 cm³/mol. The summed E-state index contributed by atoms with van der Waals surface area (Å²) in [4.78, 5) is 16.8. The molecule has 0 spiro atoms. The fourth-order valence-corrected chi connectivity index (χ4v) is 3.78. The van der Waals surface area contributed by atoms with Crippen molar-refractivity contribution in [3.05, 3.63) is 42.1 Å². The highest BCUT2D eigenvalue weighted by molar-refractivity contribution is 5.79. The van der Waals surface area contributed by atoms with Crippen molar-refractivity contribution in [2.45, 2.75) is 25.4 Å². The molecule has 0 aliphatic carbocycles. The third kappa shape index (κ3) is 3.91. The lowest BCUT2D eigenvalue weighted by Crippen LogP contribution is -2.49. The molecule has 3 aromatic heterocycles. The van der Waals surface area contributed by atoms with Crippen molar-refractivity contribution in [1.82, 2.24) is 24.4 Å². The van der Waals surface area contributed by atoms with Crippen LogP contribution < -0.4 is 4.90 Å². The number of nitrogens with zero attached hydrogens (tertiary/aromatic N) is 6. The van der Waals surface area contributed by atoms with Gasteiger partial charge in [0.15, 0.2) is 0 Å². The zero-order chi connectivity index (χ0) is 20.8. The molecule has 9 heteroatoms. The van der Waals surface area contributed by atoms with E-state index in [1.54, 1.807) is 18.7 Å². The summed E-state index contributed by atoms with van der Waals surface area (Å²) < 4.78 is 39.5. The molecule has 0 bridgehead atoms. The van der Waals surface area contributed by atoms with Crippen LogP contribution in [-0.4, -0.2) is 57.3 Å². The molecule has 0 radical (unpaired) electrons. The lowest BCUT2D eigenvalue weighted by atomic mass is 9.94. The molecular formula is C20H23F3N6. The van der Waals surface area contributed by atoms with Gasteiger partial charge in [0, 0.05) is 44.9 Å². The Balaban J connectivity index is 1.54. The van der Waals surface area contributed by atoms with Crippen molar-refractivity contribution in [2.75, 3.05) is 31.6 Å². The second-order valence-corrected chi connectivity index (χ2v) is 7.54. The Morgan fingerprint density at radius 1 is 1.14 bits per heavy atom. The summed E-state index contributed by atoms with van der Waals surface area (Å²) in [6, 6.07) is 4.00. The molecule has 1 aliphatic heterocycles. The van der Waals surface area contributed by atoms with Crippen molar-refractivity contribution in [2.24, 2.45) is 7.05 Å². The van der Waals surface area contributed by atoms with Crippen LogP contribution in [0.2, 0.25) is 0 Å². The Hall–Kier alpha value is -2.68. The van der Waals surface area contributed by atoms with Gasteiger partial charge in [-0.25, -0.2) is 9.97 Å². The lowest BCUT2D eigenvalue weighted by Gasteiger charge is -2.39. The molecule has 0 amide bonds. The molecule has 0 atom stereocenters. The van der Waals surface area contributed by atoms with Crippen LogP contribution >= 0.6 is 0 Å². The highest BCUT2D eigenvalue weighted by Gasteiger charge is 2.38. The Morgan fingerprint density at radius 3 is 2.59 bits per heavy atom. The second-order valence-electron chi connectivity index (χ2n) is 7.54. The van der Waals surface area contributed by atoms with Gasteiger partial charge in [-0.2, -0.15) is 13.2 Å². The number of anilines is 2. The average molecular weight is 404 g/mol. The van der Waals surface area contributed by atoms with Crippen molar-refractivity contribution < 1.29 is 13.2 Å². The number of halogens is 3. The van der Waals surface area contributed by atoms with E-state index in [1.165, 1.54) is 4.90 Å². The molecule has 6 nitrogen and oxygen atoms in total. The third-order valence-electron chi connectivity index (χ3n) is 5.45. The van der Waals surface area contributed by atoms with Gasteiger partial charge in [-0.3, -0.25) is 9.88 Å². The monoisotopic (exact) mass is 404 g/mol. The SMILES string of the molecule is CCc1cc(C2CN(CC(F)(F)F)C2)ncc1N(C)c1cc2c(cn1)ncn2C. The maximum Gasteiger partial charge on any atom is 0.401 e. The zero-order valence-electron chi connectivity index (χ0n) is 16.6. The van der Waals surface area contributed by atoms with Gasteiger partial charge in [0.25, 0.3) is 0 Å². The Morgan fingerprint density at radius 2 is 1.90 bits per heavy atom. The highest BCUT2D eigenvalue weighted by atomic mass is 19.4. The fraction of sp³-hybridized carbons (Fsp3) is 0.450. The van der Waals surface area contributed by atoms with Crippen molar-refractivity contribution in [1.29, 1.82) is 0 Å². The largest absolute Gasteiger partial charge is 0.401 e. The summed E-state index contributed by atoms with van der Waals surface area (Å²) in [5.41, 5.74) is 4.72. The van der Waals surface area contributed by atoms with Gasteiger partial charge in [-0.05, 0) is 18.1 Å². The maximum absolute atomic E-state index is 12.5. The van der Waals surface area contributed by atoms with Crippen LogP contribution in [0.25, 0.3) is 11.0 Å². The Bertz CT molecular complexity index is 1020. The van der Waals surface area contributed by atoms with Gasteiger partial charge in [0.1, 0.15) is 11.3 Å². The lowest BCUT2D eigenvalue weighted by molar-refractivity contribution is -0.155. The van der Waals surface area contributed by atoms with Gasteiger partial charge in [0.2, 0.25) is 0 Å². The summed E-state index contributed by atoms with van der Waals surface area (Å²) in [5.74, 6) is 0.830. The predicted octanol–water partition coefficient (Wildman–Crippen LogP) is 3.66. The average Bonchev–Trinajstić information content (AvgIpc) is 3.03. The highest BCUT2D eigenvalue weighted by Crippen LogP contribution is 2.33. The minimum absolute atomic E-state index is 0.0472. The third-order valence-corrected chi connectivity index (χ3v) is 5.45. The van der Waals surface area contributed by atoms with Crippen LogP contribution in [0.1, 0.15) is 24.1 Å². The van der Waals surface area contributed by atoms with Gasteiger partial charge < -0.3 is 9.47 Å². The molecule has 1 fully saturated rings. The van der Waals surface area contributed by atoms with E-state index in [0.717, 1.165) is 40.2 Å². The fourth-order valence-electron chi connectivity index (χ4n) is 3.78. The molecule has 0 aromatic carbocycles. The van der Waals surface area contributed by atoms with E-state index in [0.29, 0.717) is 13.1 Å². The van der Waals surface area contributed by atoms with Crippen LogP contribution in [-0.2, 0) is 13.5 Å². The molecule has 0 saturated carbocycles. The first kappa shape index (κ1) is 19.6. The second kappa shape index (κ2) is 7.29. The van der Waals surface area contributed by atoms with E-state index < -0.39 is 12.7 Å². The van der Waals surface area contributed by atoms with Crippen LogP contribution in [0.4, 0.5) is 24.7 Å². The zero-order valence-corrected chi connectivity index (χ0v) is 16.6. The van der Waals surface area contributed by atoms with Gasteiger partial charge in [0.05, 0.1) is 36.5 Å². The number of fused-ring (bicyclic) bond motifs is 1. The molecule has 4 heterocycles. The van der Waals surface area contributed by atoms with E-state index >= 15 is 0 Å². The van der Waals surface area contributed by atoms with E-state index in [1.807, 2.05) is 35.7 Å². The molecule has 3 aromatic rings. The topological polar surface area (TPSA) is 50.1 Å². The molecule has 4 rings (SSSR count). The van der Waals surface area contributed by atoms with E-state index in [4.69, 9.17) is 0 Å². The first-order chi connectivity index (χ1) is 13.7. The van der Waals surface area contributed by atoms with E-state index in [9.17, 15) is 13.2 Å². The number of pyridine rings is 2. The number of likely N-dealkylation sites (tertiary alicyclic amines) is 1. The number of aromatic nitrogens is 4. The summed E-state index contributed by atoms with van der Waals surface area (Å²) in [5, 5.41) is 0. The van der Waals surface area contributed by atoms with Gasteiger partial charge in [-0.1, -0.05) is 6.92 Å². The molecule has 154 valence electrons. The number of hydrogen-bond acceptors (Lipinski definition) is 5. The summed E-state index contributed by atoms with van der Waals surface area (Å²) in [6.07, 6.45) is 1.95. The number of imidazole rings is 1. The summed E-state index contributed by atoms with van der Waals surface area (Å²) in [6.45, 7) is 1.99. The molecular weight excluding hydrogens is 381 g/mol. The van der Waals surface area contributed by atoms with Crippen LogP contribution in [0.5, 0.6) is 0 Å². The minimum Gasteiger partial charge on any atom is -0.334 e. The van der Waals surface area contributed by atoms with Crippen LogP contribution in [0.3, 0.4) is 0 Å². The molecule has 0 unspecified atom stereocenters. The van der Waals surface area contributed by atoms with Crippen LogP contribution in [0, 0.1) is 0 Å². The van der Waals surface area contributed by atoms with Crippen molar-refractivity contribution in [3.8, 4) is 0 Å². The van der Waals surface area contributed by atoms with Crippen LogP contribution in [0.15, 0.2) is 30.9 Å². The molecule has 29 heavy (non-hydrogen) atoms. The first-order valence-electron chi connectivity index (χ1n) is 9.54. The van der Waals surface area contributed by atoms with Gasteiger partial charge in [-0.15, -0.1) is 0 Å². The molecule has 1 aliphatic rings. The van der Waals surface area contributed by atoms with E-state index in [2.05, 4.69) is 21.9 Å². The van der Waals surface area contributed by atoms with E-state index in [-0.39, 0.29) is 5.92 Å². The number of rotatable bonds is 5. The first-order valence-corrected chi connectivity index (χ1v) is 9.54. The number of alkyl halides is 3. The smallest absolute Gasteiger partial charge is 0.334 e. The standard InChI is InChI=1S/C20H23F3N6/c1-4-13-5-15(14-9-29(10-14)11-20(21,22)23)24-8-18(13)28(3)19-6-17-16(7-25-19)26-12-27(17)2/h5-8,12,14H,4,9-11H2,1-3H3. The normalized spacial score (nSPS) is 15.7. The molecule has 0 N–H and O–H groups in total. The Kier molecular flexibility index (Phi) is 4.94. The van der Waals surface area contributed by atoms with Crippen molar-refractivity contribution in [3.63, 3.8) is 0 Å². The minimum atomic E-state index is -4.15.